The van der Waals surface area contributed by atoms with Gasteiger partial charge in [0.05, 0.1) is 23.4 Å². The standard InChI is InChI=1S/C24H24ClF3N2O4/c25-20-7-6-17(11-19(20)24(26,27)28)29-21(31)13-30(12-18-5-2-8-34-18)23(33)16-9-14-3-1-4-15(10-16)22(14)32/h2,5-8,11,14-16H,1,3-4,9-10,12-13H2,(H,29,31)/t14-,15-/m1/s1. The van der Waals surface area contributed by atoms with E-state index in [2.05, 4.69) is 5.32 Å². The van der Waals surface area contributed by atoms with Crippen LogP contribution < -0.4 is 5.32 Å². The number of alkyl halides is 3. The van der Waals surface area contributed by atoms with Crippen molar-refractivity contribution < 1.29 is 32.0 Å². The second-order valence-corrected chi connectivity index (χ2v) is 9.32. The molecule has 2 aliphatic carbocycles. The molecule has 182 valence electrons. The average Bonchev–Trinajstić information content (AvgIpc) is 3.26. The van der Waals surface area contributed by atoms with Crippen LogP contribution in [-0.2, 0) is 27.1 Å². The molecule has 2 amide bonds. The summed E-state index contributed by atoms with van der Waals surface area (Å²) in [5, 5.41) is 1.95. The second-order valence-electron chi connectivity index (χ2n) is 8.91. The van der Waals surface area contributed by atoms with Crippen LogP contribution in [0.3, 0.4) is 0 Å². The van der Waals surface area contributed by atoms with Crippen molar-refractivity contribution in [2.75, 3.05) is 11.9 Å². The zero-order valence-corrected chi connectivity index (χ0v) is 19.0. The summed E-state index contributed by atoms with van der Waals surface area (Å²) in [6.45, 7) is -0.337. The smallest absolute Gasteiger partial charge is 0.417 e. The first-order valence-corrected chi connectivity index (χ1v) is 11.5. The van der Waals surface area contributed by atoms with Crippen molar-refractivity contribution in [1.82, 2.24) is 4.90 Å². The molecular weight excluding hydrogens is 473 g/mol. The Kier molecular flexibility index (Phi) is 7.02. The van der Waals surface area contributed by atoms with E-state index in [1.54, 1.807) is 12.1 Å². The third-order valence-corrected chi connectivity index (χ3v) is 6.86. The van der Waals surface area contributed by atoms with E-state index in [1.165, 1.54) is 17.2 Å². The molecule has 1 N–H and O–H groups in total. The summed E-state index contributed by atoms with van der Waals surface area (Å²) in [6.07, 6.45) is 0.212. The van der Waals surface area contributed by atoms with E-state index in [0.717, 1.165) is 31.4 Å². The third kappa shape index (κ3) is 5.46. The van der Waals surface area contributed by atoms with E-state index in [4.69, 9.17) is 16.0 Å². The summed E-state index contributed by atoms with van der Waals surface area (Å²) in [7, 11) is 0. The number of rotatable bonds is 6. The number of halogens is 4. The molecule has 10 heteroatoms. The summed E-state index contributed by atoms with van der Waals surface area (Å²) in [6, 6.07) is 6.42. The minimum absolute atomic E-state index is 0.0352. The highest BCUT2D eigenvalue weighted by Crippen LogP contribution is 2.41. The van der Waals surface area contributed by atoms with Crippen LogP contribution in [0.1, 0.15) is 43.4 Å². The molecule has 2 aromatic rings. The number of Topliss-reactive ketones (excluding diaryl/α,β-unsaturated/α-hetero) is 1. The maximum atomic E-state index is 13.4. The highest BCUT2D eigenvalue weighted by Gasteiger charge is 2.42. The van der Waals surface area contributed by atoms with Crippen LogP contribution in [0.15, 0.2) is 41.0 Å². The Morgan fingerprint density at radius 3 is 2.47 bits per heavy atom. The summed E-state index contributed by atoms with van der Waals surface area (Å²) in [4.78, 5) is 39.9. The van der Waals surface area contributed by atoms with Gasteiger partial charge in [0.1, 0.15) is 18.1 Å². The van der Waals surface area contributed by atoms with Crippen molar-refractivity contribution >= 4 is 34.9 Å². The highest BCUT2D eigenvalue weighted by molar-refractivity contribution is 6.31. The molecule has 4 rings (SSSR count). The lowest BCUT2D eigenvalue weighted by atomic mass is 9.67. The maximum absolute atomic E-state index is 13.4. The Morgan fingerprint density at radius 1 is 1.15 bits per heavy atom. The number of anilines is 1. The number of nitrogens with one attached hydrogen (secondary N) is 1. The van der Waals surface area contributed by atoms with Crippen LogP contribution in [0.5, 0.6) is 0 Å². The number of carbonyl (C=O) groups is 3. The predicted octanol–water partition coefficient (Wildman–Crippen LogP) is 5.31. The SMILES string of the molecule is O=C(CN(Cc1ccco1)C(=O)C1C[C@H]2CCC[C@H](C1)C2=O)Nc1ccc(Cl)c(C(F)(F)F)c1. The number of carbonyl (C=O) groups excluding carboxylic acids is 3. The Labute approximate surface area is 199 Å². The van der Waals surface area contributed by atoms with Gasteiger partial charge in [0, 0.05) is 23.4 Å². The summed E-state index contributed by atoms with van der Waals surface area (Å²) in [5.74, 6) is -0.854. The molecule has 0 aliphatic heterocycles. The van der Waals surface area contributed by atoms with Crippen LogP contribution >= 0.6 is 11.6 Å². The summed E-state index contributed by atoms with van der Waals surface area (Å²) in [5.41, 5.74) is -1.14. The maximum Gasteiger partial charge on any atom is 0.417 e. The van der Waals surface area contributed by atoms with Gasteiger partial charge in [0.15, 0.2) is 0 Å². The first kappa shape index (κ1) is 24.3. The number of amides is 2. The molecule has 0 spiro atoms. The topological polar surface area (TPSA) is 79.6 Å². The minimum Gasteiger partial charge on any atom is -0.467 e. The number of furan rings is 1. The van der Waals surface area contributed by atoms with Crippen molar-refractivity contribution in [1.29, 1.82) is 0 Å². The molecule has 1 aromatic carbocycles. The third-order valence-electron chi connectivity index (χ3n) is 6.53. The molecule has 0 saturated heterocycles. The molecule has 1 aromatic heterocycles. The molecule has 0 radical (unpaired) electrons. The van der Waals surface area contributed by atoms with E-state index in [1.807, 2.05) is 0 Å². The van der Waals surface area contributed by atoms with Crippen LogP contribution in [0, 0.1) is 17.8 Å². The van der Waals surface area contributed by atoms with Gasteiger partial charge >= 0.3 is 6.18 Å². The molecule has 2 bridgehead atoms. The molecule has 2 atom stereocenters. The number of ketones is 1. The van der Waals surface area contributed by atoms with E-state index >= 15 is 0 Å². The van der Waals surface area contributed by atoms with Crippen LogP contribution in [0.25, 0.3) is 0 Å². The van der Waals surface area contributed by atoms with E-state index in [0.29, 0.717) is 18.6 Å². The number of benzene rings is 1. The Morgan fingerprint density at radius 2 is 1.85 bits per heavy atom. The van der Waals surface area contributed by atoms with Gasteiger partial charge in [-0.05, 0) is 56.0 Å². The number of hydrogen-bond donors (Lipinski definition) is 1. The Hall–Kier alpha value is -2.81. The average molecular weight is 497 g/mol. The molecule has 2 fully saturated rings. The van der Waals surface area contributed by atoms with Gasteiger partial charge in [-0.25, -0.2) is 0 Å². The Bertz CT molecular complexity index is 1050. The fourth-order valence-corrected chi connectivity index (χ4v) is 5.16. The fraction of sp³-hybridized carbons (Fsp3) is 0.458. The zero-order chi connectivity index (χ0) is 24.5. The van der Waals surface area contributed by atoms with Gasteiger partial charge in [0.25, 0.3) is 0 Å². The molecule has 1 heterocycles. The first-order valence-electron chi connectivity index (χ1n) is 11.1. The van der Waals surface area contributed by atoms with Crippen molar-refractivity contribution in [3.8, 4) is 0 Å². The van der Waals surface area contributed by atoms with Crippen molar-refractivity contribution in [2.24, 2.45) is 17.8 Å². The minimum atomic E-state index is -4.67. The molecule has 2 aliphatic rings. The van der Waals surface area contributed by atoms with E-state index in [9.17, 15) is 27.6 Å². The van der Waals surface area contributed by atoms with E-state index < -0.39 is 22.7 Å². The van der Waals surface area contributed by atoms with Gasteiger partial charge in [-0.3, -0.25) is 14.4 Å². The number of fused-ring (bicyclic) bond motifs is 2. The first-order chi connectivity index (χ1) is 16.1. The molecule has 34 heavy (non-hydrogen) atoms. The van der Waals surface area contributed by atoms with Gasteiger partial charge < -0.3 is 14.6 Å². The number of hydrogen-bond acceptors (Lipinski definition) is 4. The Balaban J connectivity index is 1.49. The predicted molar refractivity (Wildman–Crippen MR) is 118 cm³/mol. The lowest BCUT2D eigenvalue weighted by Gasteiger charge is -2.38. The van der Waals surface area contributed by atoms with E-state index in [-0.39, 0.29) is 48.2 Å². The van der Waals surface area contributed by atoms with Gasteiger partial charge in [0.2, 0.25) is 11.8 Å². The second kappa shape index (κ2) is 9.82. The molecular formula is C24H24ClF3N2O4. The van der Waals surface area contributed by atoms with Crippen molar-refractivity contribution in [3.05, 3.63) is 52.9 Å². The molecule has 2 saturated carbocycles. The molecule has 6 nitrogen and oxygen atoms in total. The van der Waals surface area contributed by atoms with Gasteiger partial charge in [-0.15, -0.1) is 0 Å². The lowest BCUT2D eigenvalue weighted by molar-refractivity contribution is -0.145. The normalized spacial score (nSPS) is 22.4. The van der Waals surface area contributed by atoms with Crippen LogP contribution in [0.4, 0.5) is 18.9 Å². The van der Waals surface area contributed by atoms with Gasteiger partial charge in [-0.2, -0.15) is 13.2 Å². The summed E-state index contributed by atoms with van der Waals surface area (Å²) >= 11 is 5.64. The van der Waals surface area contributed by atoms with Crippen LogP contribution in [-0.4, -0.2) is 29.0 Å². The quantitative estimate of drug-likeness (QED) is 0.587. The summed E-state index contributed by atoms with van der Waals surface area (Å²) < 4.78 is 44.8. The largest absolute Gasteiger partial charge is 0.467 e. The lowest BCUT2D eigenvalue weighted by Crippen LogP contribution is -2.46. The monoisotopic (exact) mass is 496 g/mol. The number of nitrogens with zero attached hydrogens (tertiary/aromatic N) is 1. The van der Waals surface area contributed by atoms with Crippen LogP contribution in [0.2, 0.25) is 5.02 Å². The van der Waals surface area contributed by atoms with Crippen molar-refractivity contribution in [2.45, 2.75) is 44.8 Å². The zero-order valence-electron chi connectivity index (χ0n) is 18.2. The fourth-order valence-electron chi connectivity index (χ4n) is 4.94. The highest BCUT2D eigenvalue weighted by atomic mass is 35.5. The van der Waals surface area contributed by atoms with Crippen molar-refractivity contribution in [3.63, 3.8) is 0 Å². The van der Waals surface area contributed by atoms with Gasteiger partial charge in [-0.1, -0.05) is 18.0 Å². The molecule has 0 unspecified atom stereocenters.